The minimum Gasteiger partial charge on any atom is -0.380 e. The highest BCUT2D eigenvalue weighted by atomic mass is 19.2. The van der Waals surface area contributed by atoms with Gasteiger partial charge in [0.05, 0.1) is 0 Å². The number of rotatable bonds is 5. The summed E-state index contributed by atoms with van der Waals surface area (Å²) in [4.78, 5) is 0. The first-order valence-electron chi connectivity index (χ1n) is 5.69. The Labute approximate surface area is 102 Å². The first-order valence-corrected chi connectivity index (χ1v) is 5.69. The largest absolute Gasteiger partial charge is 0.380 e. The van der Waals surface area contributed by atoms with Crippen LogP contribution in [0.2, 0.25) is 0 Å². The van der Waals surface area contributed by atoms with Crippen LogP contribution in [0.1, 0.15) is 26.7 Å². The maximum absolute atomic E-state index is 13.3. The van der Waals surface area contributed by atoms with Crippen molar-refractivity contribution in [1.82, 2.24) is 0 Å². The summed E-state index contributed by atoms with van der Waals surface area (Å²) in [5.74, 6) is -9.53. The van der Waals surface area contributed by atoms with Crippen molar-refractivity contribution < 1.29 is 22.0 Å². The molecule has 1 aromatic carbocycles. The van der Waals surface area contributed by atoms with E-state index in [0.717, 1.165) is 12.8 Å². The van der Waals surface area contributed by atoms with Crippen molar-refractivity contribution in [2.75, 3.05) is 11.9 Å². The first kappa shape index (κ1) is 14.7. The summed E-state index contributed by atoms with van der Waals surface area (Å²) in [7, 11) is 0. The number of benzene rings is 1. The minimum atomic E-state index is -2.14. The fraction of sp³-hybridized carbons (Fsp3) is 0.500. The monoisotopic (exact) mass is 267 g/mol. The Kier molecular flexibility index (Phi) is 4.93. The standard InChI is InChI=1S/C12H14F5N/c1-3-6(4-2)5-18-12-10(16)8(14)7(13)9(15)11(12)17/h6,18H,3-5H2,1-2H3. The molecule has 0 radical (unpaired) electrons. The Morgan fingerprint density at radius 2 is 1.17 bits per heavy atom. The molecule has 0 amide bonds. The van der Waals surface area contributed by atoms with Gasteiger partial charge in [-0.05, 0) is 5.92 Å². The van der Waals surface area contributed by atoms with Gasteiger partial charge in [0.25, 0.3) is 0 Å². The molecule has 0 bridgehead atoms. The third-order valence-corrected chi connectivity index (χ3v) is 2.93. The van der Waals surface area contributed by atoms with Crippen LogP contribution in [0.25, 0.3) is 0 Å². The Hall–Kier alpha value is -1.33. The molecule has 0 aliphatic heterocycles. The normalized spacial score (nSPS) is 11.1. The minimum absolute atomic E-state index is 0.111. The first-order chi connectivity index (χ1) is 8.43. The molecule has 0 unspecified atom stereocenters. The Bertz CT molecular complexity index is 400. The molecular formula is C12H14F5N. The summed E-state index contributed by atoms with van der Waals surface area (Å²) in [5, 5.41) is 2.30. The van der Waals surface area contributed by atoms with Crippen LogP contribution < -0.4 is 5.32 Å². The third kappa shape index (κ3) is 2.73. The molecule has 0 heterocycles. The fourth-order valence-electron chi connectivity index (χ4n) is 1.58. The number of halogens is 5. The lowest BCUT2D eigenvalue weighted by Crippen LogP contribution is -2.16. The van der Waals surface area contributed by atoms with Crippen LogP contribution >= 0.6 is 0 Å². The molecule has 0 aromatic heterocycles. The van der Waals surface area contributed by atoms with E-state index in [9.17, 15) is 22.0 Å². The fourth-order valence-corrected chi connectivity index (χ4v) is 1.58. The van der Waals surface area contributed by atoms with Crippen molar-refractivity contribution in [3.8, 4) is 0 Å². The second-order valence-corrected chi connectivity index (χ2v) is 4.01. The van der Waals surface area contributed by atoms with Crippen molar-refractivity contribution in [3.63, 3.8) is 0 Å². The van der Waals surface area contributed by atoms with Crippen LogP contribution in [0, 0.1) is 35.0 Å². The molecule has 0 fully saturated rings. The quantitative estimate of drug-likeness (QED) is 0.478. The van der Waals surface area contributed by atoms with Crippen LogP contribution in [0.5, 0.6) is 0 Å². The molecule has 1 N–H and O–H groups in total. The molecule has 0 aliphatic rings. The molecule has 0 spiro atoms. The second-order valence-electron chi connectivity index (χ2n) is 4.01. The average Bonchev–Trinajstić information content (AvgIpc) is 2.38. The van der Waals surface area contributed by atoms with Crippen molar-refractivity contribution in [3.05, 3.63) is 29.1 Å². The molecule has 0 saturated carbocycles. The van der Waals surface area contributed by atoms with E-state index < -0.39 is 34.8 Å². The van der Waals surface area contributed by atoms with Gasteiger partial charge in [0.1, 0.15) is 5.69 Å². The molecule has 6 heteroatoms. The summed E-state index contributed by atoms with van der Waals surface area (Å²) in [5.41, 5.74) is -0.960. The molecule has 102 valence electrons. The van der Waals surface area contributed by atoms with Gasteiger partial charge in [-0.25, -0.2) is 22.0 Å². The number of anilines is 1. The van der Waals surface area contributed by atoms with Gasteiger partial charge in [-0.1, -0.05) is 26.7 Å². The van der Waals surface area contributed by atoms with Gasteiger partial charge in [0.2, 0.25) is 5.82 Å². The van der Waals surface area contributed by atoms with Crippen LogP contribution in [-0.2, 0) is 0 Å². The lowest BCUT2D eigenvalue weighted by atomic mass is 10.0. The van der Waals surface area contributed by atoms with Gasteiger partial charge in [0.15, 0.2) is 23.3 Å². The Balaban J connectivity index is 3.03. The van der Waals surface area contributed by atoms with Crippen LogP contribution in [0.15, 0.2) is 0 Å². The highest BCUT2D eigenvalue weighted by Gasteiger charge is 2.25. The van der Waals surface area contributed by atoms with Crippen LogP contribution in [-0.4, -0.2) is 6.54 Å². The van der Waals surface area contributed by atoms with E-state index in [1.165, 1.54) is 0 Å². The summed E-state index contributed by atoms with van der Waals surface area (Å²) in [6.45, 7) is 3.92. The summed E-state index contributed by atoms with van der Waals surface area (Å²) in [6.07, 6.45) is 1.50. The molecule has 0 aliphatic carbocycles. The number of hydrogen-bond donors (Lipinski definition) is 1. The summed E-state index contributed by atoms with van der Waals surface area (Å²) in [6, 6.07) is 0. The van der Waals surface area contributed by atoms with Crippen molar-refractivity contribution in [2.45, 2.75) is 26.7 Å². The van der Waals surface area contributed by atoms with E-state index in [2.05, 4.69) is 5.32 Å². The third-order valence-electron chi connectivity index (χ3n) is 2.93. The predicted octanol–water partition coefficient (Wildman–Crippen LogP) is 4.23. The lowest BCUT2D eigenvalue weighted by Gasteiger charge is -2.16. The molecule has 18 heavy (non-hydrogen) atoms. The van der Waals surface area contributed by atoms with E-state index in [4.69, 9.17) is 0 Å². The molecule has 0 saturated heterocycles. The van der Waals surface area contributed by atoms with Gasteiger partial charge < -0.3 is 5.32 Å². The second kappa shape index (κ2) is 6.02. The maximum Gasteiger partial charge on any atom is 0.200 e. The molecule has 0 atom stereocenters. The van der Waals surface area contributed by atoms with E-state index in [1.54, 1.807) is 0 Å². The van der Waals surface area contributed by atoms with Crippen molar-refractivity contribution in [2.24, 2.45) is 5.92 Å². The van der Waals surface area contributed by atoms with Gasteiger partial charge in [-0.3, -0.25) is 0 Å². The van der Waals surface area contributed by atoms with Gasteiger partial charge in [-0.2, -0.15) is 0 Å². The van der Waals surface area contributed by atoms with Crippen LogP contribution in [0.4, 0.5) is 27.6 Å². The van der Waals surface area contributed by atoms with Crippen molar-refractivity contribution >= 4 is 5.69 Å². The molecule has 1 aromatic rings. The highest BCUT2D eigenvalue weighted by molar-refractivity contribution is 5.47. The topological polar surface area (TPSA) is 12.0 Å². The van der Waals surface area contributed by atoms with E-state index in [0.29, 0.717) is 0 Å². The van der Waals surface area contributed by atoms with Gasteiger partial charge >= 0.3 is 0 Å². The highest BCUT2D eigenvalue weighted by Crippen LogP contribution is 2.27. The zero-order valence-electron chi connectivity index (χ0n) is 10.1. The molecule has 1 rings (SSSR count). The van der Waals surface area contributed by atoms with E-state index >= 15 is 0 Å². The Morgan fingerprint density at radius 3 is 1.56 bits per heavy atom. The lowest BCUT2D eigenvalue weighted by molar-refractivity contribution is 0.380. The molecular weight excluding hydrogens is 253 g/mol. The van der Waals surface area contributed by atoms with Gasteiger partial charge in [0, 0.05) is 6.54 Å². The zero-order valence-corrected chi connectivity index (χ0v) is 10.1. The smallest absolute Gasteiger partial charge is 0.200 e. The maximum atomic E-state index is 13.3. The van der Waals surface area contributed by atoms with Crippen LogP contribution in [0.3, 0.4) is 0 Å². The molecule has 1 nitrogen and oxygen atoms in total. The SMILES string of the molecule is CCC(CC)CNc1c(F)c(F)c(F)c(F)c1F. The summed E-state index contributed by atoms with van der Waals surface area (Å²) < 4.78 is 65.1. The van der Waals surface area contributed by atoms with Crippen molar-refractivity contribution in [1.29, 1.82) is 0 Å². The number of hydrogen-bond acceptors (Lipinski definition) is 1. The predicted molar refractivity (Wildman–Crippen MR) is 58.8 cm³/mol. The zero-order chi connectivity index (χ0) is 13.9. The number of nitrogens with one attached hydrogen (secondary N) is 1. The van der Waals surface area contributed by atoms with Gasteiger partial charge in [-0.15, -0.1) is 0 Å². The summed E-state index contributed by atoms with van der Waals surface area (Å²) >= 11 is 0. The van der Waals surface area contributed by atoms with E-state index in [1.807, 2.05) is 13.8 Å². The average molecular weight is 267 g/mol. The van der Waals surface area contributed by atoms with E-state index in [-0.39, 0.29) is 12.5 Å². The Morgan fingerprint density at radius 1 is 0.778 bits per heavy atom.